The largest absolute Gasteiger partial charge is 0.347 e. The molecule has 0 spiro atoms. The van der Waals surface area contributed by atoms with E-state index in [1.165, 1.54) is 6.07 Å². The zero-order valence-electron chi connectivity index (χ0n) is 10.5. The van der Waals surface area contributed by atoms with Crippen LogP contribution in [0.15, 0.2) is 12.1 Å². The van der Waals surface area contributed by atoms with Gasteiger partial charge in [0.05, 0.1) is 4.92 Å². The molecule has 0 bridgehead atoms. The van der Waals surface area contributed by atoms with Gasteiger partial charge in [-0.3, -0.25) is 10.1 Å². The van der Waals surface area contributed by atoms with Crippen LogP contribution in [-0.4, -0.2) is 29.0 Å². The van der Waals surface area contributed by atoms with Crippen molar-refractivity contribution in [2.24, 2.45) is 5.73 Å². The normalized spacial score (nSPS) is 19.9. The number of aryl methyl sites for hydroxylation is 1. The van der Waals surface area contributed by atoms with Gasteiger partial charge >= 0.3 is 5.69 Å². The number of anilines is 1. The molecule has 0 saturated carbocycles. The summed E-state index contributed by atoms with van der Waals surface area (Å²) in [5.41, 5.74) is 6.62. The monoisotopic (exact) mass is 250 g/mol. The minimum absolute atomic E-state index is 0.0703. The van der Waals surface area contributed by atoms with Gasteiger partial charge in [0.15, 0.2) is 0 Å². The number of rotatable bonds is 3. The molecular weight excluding hydrogens is 232 g/mol. The summed E-state index contributed by atoms with van der Waals surface area (Å²) in [5.74, 6) is 0.468. The predicted molar refractivity (Wildman–Crippen MR) is 69.7 cm³/mol. The maximum atomic E-state index is 11.1. The van der Waals surface area contributed by atoms with Gasteiger partial charge in [-0.25, -0.2) is 4.98 Å². The topological polar surface area (TPSA) is 85.3 Å². The minimum Gasteiger partial charge on any atom is -0.347 e. The fraction of sp³-hybridized carbons (Fsp3) is 0.583. The summed E-state index contributed by atoms with van der Waals surface area (Å²) in [6.07, 6.45) is 3.13. The van der Waals surface area contributed by atoms with Gasteiger partial charge in [0.1, 0.15) is 0 Å². The molecule has 1 atom stereocenters. The predicted octanol–water partition coefficient (Wildman–Crippen LogP) is 1.62. The second-order valence-electron chi connectivity index (χ2n) is 4.63. The number of aromatic nitrogens is 1. The molecule has 18 heavy (non-hydrogen) atoms. The molecule has 1 aromatic heterocycles. The Morgan fingerprint density at radius 2 is 2.33 bits per heavy atom. The van der Waals surface area contributed by atoms with Crippen LogP contribution in [0.4, 0.5) is 11.5 Å². The first kappa shape index (κ1) is 12.8. The molecule has 6 heteroatoms. The average Bonchev–Trinajstić information content (AvgIpc) is 2.38. The zero-order valence-corrected chi connectivity index (χ0v) is 10.5. The van der Waals surface area contributed by atoms with E-state index in [9.17, 15) is 10.1 Å². The second-order valence-corrected chi connectivity index (χ2v) is 4.63. The third-order valence-corrected chi connectivity index (χ3v) is 3.36. The molecule has 1 fully saturated rings. The summed E-state index contributed by atoms with van der Waals surface area (Å²) >= 11 is 0. The smallest absolute Gasteiger partial charge is 0.311 e. The highest BCUT2D eigenvalue weighted by Gasteiger charge is 2.28. The van der Waals surface area contributed by atoms with E-state index in [-0.39, 0.29) is 16.7 Å². The van der Waals surface area contributed by atoms with E-state index in [1.54, 1.807) is 6.07 Å². The Morgan fingerprint density at radius 3 is 3.00 bits per heavy atom. The van der Waals surface area contributed by atoms with Gasteiger partial charge in [-0.1, -0.05) is 0 Å². The van der Waals surface area contributed by atoms with E-state index in [0.717, 1.165) is 31.5 Å². The third kappa shape index (κ3) is 2.43. The van der Waals surface area contributed by atoms with Crippen molar-refractivity contribution in [3.8, 4) is 0 Å². The number of hydrogen-bond donors (Lipinski definition) is 1. The van der Waals surface area contributed by atoms with Crippen molar-refractivity contribution in [1.29, 1.82) is 0 Å². The SMILES string of the molecule is Cc1ccc([N+](=O)[O-])c(N2CCCCC2CN)n1. The fourth-order valence-corrected chi connectivity index (χ4v) is 2.41. The summed E-state index contributed by atoms with van der Waals surface area (Å²) in [7, 11) is 0. The van der Waals surface area contributed by atoms with Crippen LogP contribution in [0.5, 0.6) is 0 Å². The van der Waals surface area contributed by atoms with Gasteiger partial charge in [0.25, 0.3) is 0 Å². The maximum absolute atomic E-state index is 11.1. The van der Waals surface area contributed by atoms with Crippen LogP contribution in [0.2, 0.25) is 0 Å². The Bertz CT molecular complexity index is 450. The molecule has 1 saturated heterocycles. The van der Waals surface area contributed by atoms with Crippen LogP contribution in [0, 0.1) is 17.0 Å². The zero-order chi connectivity index (χ0) is 13.1. The van der Waals surface area contributed by atoms with Crippen molar-refractivity contribution in [1.82, 2.24) is 4.98 Å². The van der Waals surface area contributed by atoms with Crippen molar-refractivity contribution < 1.29 is 4.92 Å². The summed E-state index contributed by atoms with van der Waals surface area (Å²) < 4.78 is 0. The van der Waals surface area contributed by atoms with Crippen LogP contribution in [0.1, 0.15) is 25.0 Å². The Hall–Kier alpha value is -1.69. The van der Waals surface area contributed by atoms with Gasteiger partial charge in [-0.05, 0) is 32.3 Å². The fourth-order valence-electron chi connectivity index (χ4n) is 2.41. The summed E-state index contributed by atoms with van der Waals surface area (Å²) in [6, 6.07) is 3.36. The van der Waals surface area contributed by atoms with E-state index >= 15 is 0 Å². The Morgan fingerprint density at radius 1 is 1.56 bits per heavy atom. The lowest BCUT2D eigenvalue weighted by atomic mass is 10.0. The van der Waals surface area contributed by atoms with Crippen molar-refractivity contribution in [3.63, 3.8) is 0 Å². The van der Waals surface area contributed by atoms with E-state index < -0.39 is 0 Å². The molecule has 1 aliphatic heterocycles. The lowest BCUT2D eigenvalue weighted by molar-refractivity contribution is -0.384. The first-order valence-corrected chi connectivity index (χ1v) is 6.22. The molecule has 0 aromatic carbocycles. The first-order chi connectivity index (χ1) is 8.63. The number of hydrogen-bond acceptors (Lipinski definition) is 5. The van der Waals surface area contributed by atoms with Crippen LogP contribution >= 0.6 is 0 Å². The van der Waals surface area contributed by atoms with Crippen molar-refractivity contribution in [2.45, 2.75) is 32.2 Å². The summed E-state index contributed by atoms with van der Waals surface area (Å²) in [5, 5.41) is 11.1. The molecule has 1 aromatic rings. The van der Waals surface area contributed by atoms with Crippen LogP contribution in [0.25, 0.3) is 0 Å². The molecule has 2 N–H and O–H groups in total. The molecule has 1 unspecified atom stereocenters. The van der Waals surface area contributed by atoms with Gasteiger partial charge in [-0.2, -0.15) is 0 Å². The van der Waals surface area contributed by atoms with Gasteiger partial charge in [0.2, 0.25) is 5.82 Å². The van der Waals surface area contributed by atoms with Gasteiger partial charge in [-0.15, -0.1) is 0 Å². The molecule has 1 aliphatic rings. The second kappa shape index (κ2) is 5.30. The van der Waals surface area contributed by atoms with Gasteiger partial charge in [0, 0.05) is 30.9 Å². The highest BCUT2D eigenvalue weighted by Crippen LogP contribution is 2.30. The molecule has 0 aliphatic carbocycles. The minimum atomic E-state index is -0.371. The number of nitrogens with zero attached hydrogens (tertiary/aromatic N) is 3. The number of piperidine rings is 1. The van der Waals surface area contributed by atoms with Crippen molar-refractivity contribution >= 4 is 11.5 Å². The standard InChI is InChI=1S/C12H18N4O2/c1-9-5-6-11(16(17)18)12(14-9)15-7-3-2-4-10(15)8-13/h5-6,10H,2-4,7-8,13H2,1H3. The average molecular weight is 250 g/mol. The maximum Gasteiger partial charge on any atom is 0.311 e. The first-order valence-electron chi connectivity index (χ1n) is 6.22. The van der Waals surface area contributed by atoms with Crippen LogP contribution in [-0.2, 0) is 0 Å². The molecule has 98 valence electrons. The van der Waals surface area contributed by atoms with E-state index in [4.69, 9.17) is 5.73 Å². The number of nitro groups is 1. The van der Waals surface area contributed by atoms with Crippen molar-refractivity contribution in [3.05, 3.63) is 27.9 Å². The van der Waals surface area contributed by atoms with Gasteiger partial charge < -0.3 is 10.6 Å². The quantitative estimate of drug-likeness (QED) is 0.650. The number of pyridine rings is 1. The van der Waals surface area contributed by atoms with E-state index in [2.05, 4.69) is 4.98 Å². The molecule has 2 rings (SSSR count). The van der Waals surface area contributed by atoms with Crippen LogP contribution in [0.3, 0.4) is 0 Å². The van der Waals surface area contributed by atoms with E-state index in [1.807, 2.05) is 11.8 Å². The third-order valence-electron chi connectivity index (χ3n) is 3.36. The number of nitrogens with two attached hydrogens (primary N) is 1. The molecule has 2 heterocycles. The Labute approximate surface area is 106 Å². The summed E-state index contributed by atoms with van der Waals surface area (Å²) in [4.78, 5) is 17.0. The Kier molecular flexibility index (Phi) is 3.76. The lowest BCUT2D eigenvalue weighted by Crippen LogP contribution is -2.44. The summed E-state index contributed by atoms with van der Waals surface area (Å²) in [6.45, 7) is 3.14. The van der Waals surface area contributed by atoms with Crippen molar-refractivity contribution in [2.75, 3.05) is 18.0 Å². The Balaban J connectivity index is 2.41. The molecule has 0 radical (unpaired) electrons. The lowest BCUT2D eigenvalue weighted by Gasteiger charge is -2.35. The van der Waals surface area contributed by atoms with Crippen LogP contribution < -0.4 is 10.6 Å². The van der Waals surface area contributed by atoms with E-state index in [0.29, 0.717) is 12.4 Å². The molecule has 0 amide bonds. The highest BCUT2D eigenvalue weighted by atomic mass is 16.6. The highest BCUT2D eigenvalue weighted by molar-refractivity contribution is 5.59. The molecular formula is C12H18N4O2. The molecule has 6 nitrogen and oxygen atoms in total.